The lowest BCUT2D eigenvalue weighted by atomic mass is 10.1. The fourth-order valence-corrected chi connectivity index (χ4v) is 4.13. The van der Waals surface area contributed by atoms with Crippen LogP contribution in [-0.4, -0.2) is 19.6 Å². The van der Waals surface area contributed by atoms with Crippen molar-refractivity contribution in [3.63, 3.8) is 0 Å². The molecule has 6 rings (SSSR count). The van der Waals surface area contributed by atoms with Gasteiger partial charge in [0.2, 0.25) is 0 Å². The van der Waals surface area contributed by atoms with Gasteiger partial charge in [-0.3, -0.25) is 20.2 Å². The summed E-state index contributed by atoms with van der Waals surface area (Å²) in [5.74, 6) is 0.467. The molecule has 0 spiro atoms. The number of aromatic nitrogens is 2. The Morgan fingerprint density at radius 3 is 2.16 bits per heavy atom. The van der Waals surface area contributed by atoms with E-state index in [2.05, 4.69) is 15.3 Å². The van der Waals surface area contributed by atoms with Crippen molar-refractivity contribution in [3.05, 3.63) is 117 Å². The lowest BCUT2D eigenvalue weighted by Crippen LogP contribution is -1.95. The van der Waals surface area contributed by atoms with Crippen LogP contribution >= 0.6 is 0 Å². The highest BCUT2D eigenvalue weighted by molar-refractivity contribution is 6.07. The maximum Gasteiger partial charge on any atom is 0.269 e. The molecule has 0 aliphatic carbocycles. The van der Waals surface area contributed by atoms with Gasteiger partial charge in [0.15, 0.2) is 11.5 Å². The average Bonchev–Trinajstić information content (AvgIpc) is 3.57. The van der Waals surface area contributed by atoms with Crippen LogP contribution in [0.3, 0.4) is 0 Å². The zero-order valence-electron chi connectivity index (χ0n) is 19.5. The van der Waals surface area contributed by atoms with Crippen LogP contribution < -0.4 is 0 Å². The van der Waals surface area contributed by atoms with E-state index in [9.17, 15) is 20.2 Å². The first-order valence-corrected chi connectivity index (χ1v) is 11.4. The molecule has 0 bridgehead atoms. The minimum Gasteiger partial charge on any atom is -0.454 e. The lowest BCUT2D eigenvalue weighted by Gasteiger charge is -1.99. The van der Waals surface area contributed by atoms with Gasteiger partial charge in [-0.15, -0.1) is 5.11 Å². The second kappa shape index (κ2) is 9.06. The fourth-order valence-electron chi connectivity index (χ4n) is 4.13. The van der Waals surface area contributed by atoms with Gasteiger partial charge in [0.05, 0.1) is 27.4 Å². The summed E-state index contributed by atoms with van der Waals surface area (Å²) < 4.78 is 7.69. The lowest BCUT2D eigenvalue weighted by molar-refractivity contribution is -0.385. The van der Waals surface area contributed by atoms with Gasteiger partial charge in [-0.1, -0.05) is 30.3 Å². The van der Waals surface area contributed by atoms with Crippen LogP contribution in [0.4, 0.5) is 22.7 Å². The summed E-state index contributed by atoms with van der Waals surface area (Å²) in [5.41, 5.74) is 2.38. The Morgan fingerprint density at radius 1 is 0.763 bits per heavy atom. The molecule has 0 aliphatic rings. The number of nitro groups is 2. The molecule has 2 aromatic heterocycles. The zero-order valence-corrected chi connectivity index (χ0v) is 19.5. The van der Waals surface area contributed by atoms with Gasteiger partial charge in [-0.25, -0.2) is 4.68 Å². The maximum atomic E-state index is 11.1. The van der Waals surface area contributed by atoms with Gasteiger partial charge in [-0.05, 0) is 47.2 Å². The molecule has 0 amide bonds. The van der Waals surface area contributed by atoms with Crippen LogP contribution in [0, 0.1) is 20.2 Å². The van der Waals surface area contributed by atoms with Crippen LogP contribution in [0.1, 0.15) is 0 Å². The molecule has 4 aromatic carbocycles. The summed E-state index contributed by atoms with van der Waals surface area (Å²) in [4.78, 5) is 21.0. The number of azo groups is 1. The molecular formula is C27H16N6O5. The van der Waals surface area contributed by atoms with E-state index in [4.69, 9.17) is 4.42 Å². The topological polar surface area (TPSA) is 142 Å². The molecule has 0 aliphatic heterocycles. The summed E-state index contributed by atoms with van der Waals surface area (Å²) >= 11 is 0. The van der Waals surface area contributed by atoms with Crippen LogP contribution in [-0.2, 0) is 0 Å². The molecule has 2 heterocycles. The first-order chi connectivity index (χ1) is 18.5. The standard InChI is InChI=1S/C27H16N6O5/c34-32(35)20-8-6-18(7-9-20)28-29-24-16-31(19-10-12-21(13-11-19)33(36)37)30-27(24)26-15-23-22-4-2-1-3-17(22)5-14-25(23)38-26/h1-16H. The second-order valence-electron chi connectivity index (χ2n) is 8.36. The molecule has 11 heteroatoms. The van der Waals surface area contributed by atoms with Gasteiger partial charge in [-0.2, -0.15) is 10.2 Å². The average molecular weight is 504 g/mol. The van der Waals surface area contributed by atoms with E-state index >= 15 is 0 Å². The summed E-state index contributed by atoms with van der Waals surface area (Å²) in [6.45, 7) is 0. The highest BCUT2D eigenvalue weighted by atomic mass is 16.6. The Labute approximate surface area is 213 Å². The van der Waals surface area contributed by atoms with Crippen molar-refractivity contribution in [3.8, 4) is 17.1 Å². The number of benzene rings is 4. The third kappa shape index (κ3) is 4.13. The molecule has 0 atom stereocenters. The summed E-state index contributed by atoms with van der Waals surface area (Å²) in [5, 5.41) is 38.3. The SMILES string of the molecule is O=[N+]([O-])c1ccc(N=Nc2cn(-c3ccc([N+](=O)[O-])cc3)nc2-c2cc3c(ccc4ccccc43)o2)cc1. The predicted octanol–water partition coefficient (Wildman–Crippen LogP) is 7.67. The summed E-state index contributed by atoms with van der Waals surface area (Å²) in [7, 11) is 0. The molecule has 38 heavy (non-hydrogen) atoms. The minimum atomic E-state index is -0.488. The summed E-state index contributed by atoms with van der Waals surface area (Å²) in [6.07, 6.45) is 1.64. The largest absolute Gasteiger partial charge is 0.454 e. The van der Waals surface area contributed by atoms with E-state index in [1.807, 2.05) is 42.5 Å². The third-order valence-corrected chi connectivity index (χ3v) is 6.01. The Bertz CT molecular complexity index is 1870. The van der Waals surface area contributed by atoms with Gasteiger partial charge in [0, 0.05) is 29.7 Å². The first-order valence-electron chi connectivity index (χ1n) is 11.4. The number of rotatable bonds is 6. The van der Waals surface area contributed by atoms with E-state index in [1.54, 1.807) is 18.3 Å². The normalized spacial score (nSPS) is 11.5. The van der Waals surface area contributed by atoms with E-state index in [-0.39, 0.29) is 11.4 Å². The predicted molar refractivity (Wildman–Crippen MR) is 140 cm³/mol. The smallest absolute Gasteiger partial charge is 0.269 e. The molecule has 0 N–H and O–H groups in total. The van der Waals surface area contributed by atoms with Crippen molar-refractivity contribution in [1.29, 1.82) is 0 Å². The fraction of sp³-hybridized carbons (Fsp3) is 0. The van der Waals surface area contributed by atoms with Gasteiger partial charge < -0.3 is 4.42 Å². The van der Waals surface area contributed by atoms with Crippen LogP contribution in [0.5, 0.6) is 0 Å². The Hall–Kier alpha value is -5.71. The van der Waals surface area contributed by atoms with E-state index < -0.39 is 9.85 Å². The van der Waals surface area contributed by atoms with Crippen molar-refractivity contribution in [2.75, 3.05) is 0 Å². The number of hydrogen-bond acceptors (Lipinski definition) is 8. The quantitative estimate of drug-likeness (QED) is 0.129. The Kier molecular flexibility index (Phi) is 5.42. The third-order valence-electron chi connectivity index (χ3n) is 6.01. The molecule has 0 unspecified atom stereocenters. The van der Waals surface area contributed by atoms with Crippen molar-refractivity contribution >= 4 is 44.5 Å². The second-order valence-corrected chi connectivity index (χ2v) is 8.36. The molecule has 6 aromatic rings. The van der Waals surface area contributed by atoms with Crippen LogP contribution in [0.15, 0.2) is 112 Å². The number of fused-ring (bicyclic) bond motifs is 3. The van der Waals surface area contributed by atoms with Gasteiger partial charge in [0.1, 0.15) is 11.3 Å². The van der Waals surface area contributed by atoms with Crippen molar-refractivity contribution in [2.45, 2.75) is 0 Å². The number of furan rings is 1. The van der Waals surface area contributed by atoms with Crippen molar-refractivity contribution < 1.29 is 14.3 Å². The van der Waals surface area contributed by atoms with Crippen molar-refractivity contribution in [2.24, 2.45) is 10.2 Å². The molecule has 0 fully saturated rings. The number of nitrogens with zero attached hydrogens (tertiary/aromatic N) is 6. The maximum absolute atomic E-state index is 11.1. The molecule has 0 saturated heterocycles. The highest BCUT2D eigenvalue weighted by Crippen LogP contribution is 2.37. The number of nitro benzene ring substituents is 2. The van der Waals surface area contributed by atoms with Gasteiger partial charge in [0.25, 0.3) is 11.4 Å². The number of non-ortho nitro benzene ring substituents is 2. The minimum absolute atomic E-state index is 0.0385. The first kappa shape index (κ1) is 22.7. The number of hydrogen-bond donors (Lipinski definition) is 0. The molecule has 0 saturated carbocycles. The van der Waals surface area contributed by atoms with E-state index in [0.29, 0.717) is 34.1 Å². The highest BCUT2D eigenvalue weighted by Gasteiger charge is 2.18. The van der Waals surface area contributed by atoms with E-state index in [1.165, 1.54) is 41.1 Å². The Balaban J connectivity index is 1.46. The molecule has 11 nitrogen and oxygen atoms in total. The zero-order chi connectivity index (χ0) is 26.2. The summed E-state index contributed by atoms with van der Waals surface area (Å²) in [6, 6.07) is 25.4. The van der Waals surface area contributed by atoms with Gasteiger partial charge >= 0.3 is 0 Å². The monoisotopic (exact) mass is 504 g/mol. The Morgan fingerprint density at radius 2 is 1.45 bits per heavy atom. The van der Waals surface area contributed by atoms with E-state index in [0.717, 1.165) is 16.2 Å². The van der Waals surface area contributed by atoms with Crippen LogP contribution in [0.2, 0.25) is 0 Å². The molecule has 184 valence electrons. The molecular weight excluding hydrogens is 488 g/mol. The van der Waals surface area contributed by atoms with Crippen molar-refractivity contribution in [1.82, 2.24) is 9.78 Å². The van der Waals surface area contributed by atoms with Crippen LogP contribution in [0.25, 0.3) is 38.9 Å². The molecule has 0 radical (unpaired) electrons.